The van der Waals surface area contributed by atoms with Gasteiger partial charge in [-0.25, -0.2) is 4.68 Å². The molecule has 0 radical (unpaired) electrons. The predicted octanol–water partition coefficient (Wildman–Crippen LogP) is 2.78. The van der Waals surface area contributed by atoms with Crippen LogP contribution in [-0.4, -0.2) is 34.8 Å². The maximum absolute atomic E-state index is 12.1. The zero-order valence-electron chi connectivity index (χ0n) is 12.5. The van der Waals surface area contributed by atoms with Crippen LogP contribution in [-0.2, 0) is 0 Å². The monoisotopic (exact) mass is 386 g/mol. The van der Waals surface area contributed by atoms with Gasteiger partial charge in [0.25, 0.3) is 5.91 Å². The van der Waals surface area contributed by atoms with E-state index in [2.05, 4.69) is 31.7 Å². The van der Waals surface area contributed by atoms with Gasteiger partial charge in [0.15, 0.2) is 0 Å². The normalized spacial score (nSPS) is 11.6. The van der Waals surface area contributed by atoms with Crippen LogP contribution in [0, 0.1) is 0 Å². The van der Waals surface area contributed by atoms with E-state index in [-0.39, 0.29) is 24.4 Å². The minimum atomic E-state index is -0.108. The van der Waals surface area contributed by atoms with Crippen molar-refractivity contribution in [2.24, 2.45) is 0 Å². The summed E-state index contributed by atoms with van der Waals surface area (Å²) in [7, 11) is 0. The van der Waals surface area contributed by atoms with Gasteiger partial charge in [-0.3, -0.25) is 4.79 Å². The summed E-state index contributed by atoms with van der Waals surface area (Å²) in [5.74, 6) is -0.108. The summed E-state index contributed by atoms with van der Waals surface area (Å²) >= 11 is 3.39. The smallest absolute Gasteiger partial charge is 0.254 e. The Morgan fingerprint density at radius 1 is 1.36 bits per heavy atom. The largest absolute Gasteiger partial charge is 0.350 e. The van der Waals surface area contributed by atoms with Gasteiger partial charge in [-0.1, -0.05) is 22.9 Å². The summed E-state index contributed by atoms with van der Waals surface area (Å²) in [6, 6.07) is 8.00. The summed E-state index contributed by atoms with van der Waals surface area (Å²) in [6.07, 6.45) is 3.31. The maximum atomic E-state index is 12.1. The van der Waals surface area contributed by atoms with Crippen molar-refractivity contribution < 1.29 is 4.79 Å². The van der Waals surface area contributed by atoms with Crippen LogP contribution in [0.2, 0.25) is 0 Å². The zero-order valence-corrected chi connectivity index (χ0v) is 14.9. The molecule has 22 heavy (non-hydrogen) atoms. The third-order valence-electron chi connectivity index (χ3n) is 3.06. The van der Waals surface area contributed by atoms with Gasteiger partial charge in [0, 0.05) is 23.3 Å². The SMILES string of the molecule is CCN[C@H](C)CNC(=O)c1cnn(-c2ccc(Br)cc2)c1.Cl. The molecule has 1 atom stereocenters. The Balaban J connectivity index is 0.00000242. The summed E-state index contributed by atoms with van der Waals surface area (Å²) < 4.78 is 2.70. The molecule has 1 aromatic carbocycles. The average molecular weight is 388 g/mol. The Morgan fingerprint density at radius 3 is 2.68 bits per heavy atom. The van der Waals surface area contributed by atoms with E-state index in [4.69, 9.17) is 0 Å². The number of hydrogen-bond acceptors (Lipinski definition) is 3. The summed E-state index contributed by atoms with van der Waals surface area (Å²) in [5, 5.41) is 10.4. The minimum absolute atomic E-state index is 0. The number of nitrogens with one attached hydrogen (secondary N) is 2. The standard InChI is InChI=1S/C15H19BrN4O.ClH/c1-3-17-11(2)8-18-15(21)12-9-19-20(10-12)14-6-4-13(16)5-7-14;/h4-7,9-11,17H,3,8H2,1-2H3,(H,18,21);1H/t11-;/m1./s1. The molecule has 2 N–H and O–H groups in total. The molecule has 0 saturated heterocycles. The van der Waals surface area contributed by atoms with Gasteiger partial charge in [0.1, 0.15) is 0 Å². The van der Waals surface area contributed by atoms with Crippen LogP contribution in [0.25, 0.3) is 5.69 Å². The van der Waals surface area contributed by atoms with E-state index in [0.717, 1.165) is 16.7 Å². The van der Waals surface area contributed by atoms with Gasteiger partial charge in [-0.2, -0.15) is 5.10 Å². The van der Waals surface area contributed by atoms with Gasteiger partial charge >= 0.3 is 0 Å². The Morgan fingerprint density at radius 2 is 2.05 bits per heavy atom. The van der Waals surface area contributed by atoms with Crippen molar-refractivity contribution in [1.82, 2.24) is 20.4 Å². The van der Waals surface area contributed by atoms with Crippen LogP contribution in [0.3, 0.4) is 0 Å². The van der Waals surface area contributed by atoms with Crippen LogP contribution >= 0.6 is 28.3 Å². The van der Waals surface area contributed by atoms with Crippen LogP contribution in [0.4, 0.5) is 0 Å². The highest BCUT2D eigenvalue weighted by molar-refractivity contribution is 9.10. The number of rotatable bonds is 6. The molecule has 1 heterocycles. The summed E-state index contributed by atoms with van der Waals surface area (Å²) in [4.78, 5) is 12.1. The molecule has 1 aromatic heterocycles. The van der Waals surface area contributed by atoms with Crippen molar-refractivity contribution in [2.75, 3.05) is 13.1 Å². The number of amides is 1. The Kier molecular flexibility index (Phi) is 7.58. The lowest BCUT2D eigenvalue weighted by Crippen LogP contribution is -2.38. The first-order chi connectivity index (χ1) is 10.1. The maximum Gasteiger partial charge on any atom is 0.254 e. The molecule has 120 valence electrons. The first-order valence-electron chi connectivity index (χ1n) is 6.92. The summed E-state index contributed by atoms with van der Waals surface area (Å²) in [5.41, 5.74) is 1.47. The number of hydrogen-bond donors (Lipinski definition) is 2. The molecule has 0 aliphatic rings. The van der Waals surface area contributed by atoms with E-state index in [1.54, 1.807) is 17.1 Å². The lowest BCUT2D eigenvalue weighted by molar-refractivity contribution is 0.0950. The highest BCUT2D eigenvalue weighted by atomic mass is 79.9. The second kappa shape index (κ2) is 8.92. The molecular formula is C15H20BrClN4O. The second-order valence-corrected chi connectivity index (χ2v) is 5.73. The van der Waals surface area contributed by atoms with E-state index < -0.39 is 0 Å². The molecule has 0 saturated carbocycles. The minimum Gasteiger partial charge on any atom is -0.350 e. The van der Waals surface area contributed by atoms with Gasteiger partial charge < -0.3 is 10.6 Å². The first-order valence-corrected chi connectivity index (χ1v) is 7.71. The number of aromatic nitrogens is 2. The molecular weight excluding hydrogens is 368 g/mol. The fourth-order valence-electron chi connectivity index (χ4n) is 1.94. The number of carbonyl (C=O) groups is 1. The zero-order chi connectivity index (χ0) is 15.2. The molecule has 2 rings (SSSR count). The van der Waals surface area contributed by atoms with Crippen LogP contribution in [0.15, 0.2) is 41.1 Å². The quantitative estimate of drug-likeness (QED) is 0.801. The fourth-order valence-corrected chi connectivity index (χ4v) is 2.21. The summed E-state index contributed by atoms with van der Waals surface area (Å²) in [6.45, 7) is 5.56. The predicted molar refractivity (Wildman–Crippen MR) is 94.0 cm³/mol. The van der Waals surface area contributed by atoms with Gasteiger partial charge in [-0.05, 0) is 37.7 Å². The van der Waals surface area contributed by atoms with Crippen molar-refractivity contribution in [2.45, 2.75) is 19.9 Å². The van der Waals surface area contributed by atoms with Gasteiger partial charge in [-0.15, -0.1) is 12.4 Å². The molecule has 0 aliphatic carbocycles. The van der Waals surface area contributed by atoms with Crippen molar-refractivity contribution in [3.8, 4) is 5.69 Å². The third kappa shape index (κ3) is 5.12. The molecule has 0 aliphatic heterocycles. The second-order valence-electron chi connectivity index (χ2n) is 4.82. The van der Waals surface area contributed by atoms with E-state index >= 15 is 0 Å². The number of nitrogens with zero attached hydrogens (tertiary/aromatic N) is 2. The molecule has 1 amide bonds. The molecule has 0 bridgehead atoms. The van der Waals surface area contributed by atoms with Gasteiger partial charge in [0.2, 0.25) is 0 Å². The fraction of sp³-hybridized carbons (Fsp3) is 0.333. The molecule has 7 heteroatoms. The Hall–Kier alpha value is -1.37. The van der Waals surface area contributed by atoms with Crippen molar-refractivity contribution in [1.29, 1.82) is 0 Å². The van der Waals surface area contributed by atoms with E-state index in [9.17, 15) is 4.79 Å². The van der Waals surface area contributed by atoms with E-state index in [1.807, 2.05) is 38.1 Å². The van der Waals surface area contributed by atoms with E-state index in [0.29, 0.717) is 12.1 Å². The van der Waals surface area contributed by atoms with Crippen molar-refractivity contribution in [3.05, 3.63) is 46.7 Å². The number of benzene rings is 1. The number of halogens is 2. The van der Waals surface area contributed by atoms with Gasteiger partial charge in [0.05, 0.1) is 17.4 Å². The highest BCUT2D eigenvalue weighted by Gasteiger charge is 2.10. The number of likely N-dealkylation sites (N-methyl/N-ethyl adjacent to an activating group) is 1. The van der Waals surface area contributed by atoms with Crippen molar-refractivity contribution in [3.63, 3.8) is 0 Å². The lowest BCUT2D eigenvalue weighted by Gasteiger charge is -2.12. The van der Waals surface area contributed by atoms with Crippen LogP contribution in [0.1, 0.15) is 24.2 Å². The molecule has 2 aromatic rings. The molecule has 0 spiro atoms. The highest BCUT2D eigenvalue weighted by Crippen LogP contribution is 2.14. The molecule has 0 unspecified atom stereocenters. The average Bonchev–Trinajstić information content (AvgIpc) is 2.96. The van der Waals surface area contributed by atoms with Crippen LogP contribution < -0.4 is 10.6 Å². The van der Waals surface area contributed by atoms with E-state index in [1.165, 1.54) is 0 Å². The topological polar surface area (TPSA) is 58.9 Å². The lowest BCUT2D eigenvalue weighted by atomic mass is 10.3. The first kappa shape index (κ1) is 18.7. The number of carbonyl (C=O) groups excluding carboxylic acids is 1. The van der Waals surface area contributed by atoms with Crippen LogP contribution in [0.5, 0.6) is 0 Å². The molecule has 5 nitrogen and oxygen atoms in total. The Bertz CT molecular complexity index is 600. The van der Waals surface area contributed by atoms with Crippen molar-refractivity contribution >= 4 is 34.2 Å². The molecule has 0 fully saturated rings. The third-order valence-corrected chi connectivity index (χ3v) is 3.59. The Labute approximate surface area is 145 Å².